The molecule has 0 aliphatic carbocycles. The van der Waals surface area contributed by atoms with Crippen molar-refractivity contribution in [2.45, 2.75) is 258 Å². The molecule has 0 aliphatic heterocycles. The standard InChI is InChI=1S/C71H112O6/c1-4-7-10-13-16-19-22-25-28-30-32-33-34-35-36-37-39-40-43-46-49-52-55-58-61-64-70(73)76-67-68(66-75-69(72)63-60-57-54-51-48-45-42-27-24-21-18-15-12-9-6-3)77-71(74)65-62-59-56-53-50-47-44-41-38-31-29-26-23-20-17-14-11-8-5-2/h7,9-10,12,16-21,25-29,32-33,35-36,38-42,48,51,68H,4-6,8,11,13-15,22-24,30-31,34,37,43-47,49-50,52-67H2,1-3H3/b10-7-,12-9-,19-16-,20-17-,21-18-,28-25-,29-26-,33-32-,36-35-,40-39-,41-38-,42-27-,51-48-. The molecule has 0 radical (unpaired) electrons. The molecule has 432 valence electrons. The van der Waals surface area contributed by atoms with Crippen LogP contribution in [0.3, 0.4) is 0 Å². The van der Waals surface area contributed by atoms with E-state index in [-0.39, 0.29) is 31.1 Å². The third-order valence-electron chi connectivity index (χ3n) is 12.5. The van der Waals surface area contributed by atoms with E-state index in [1.165, 1.54) is 51.4 Å². The highest BCUT2D eigenvalue weighted by Gasteiger charge is 2.19. The van der Waals surface area contributed by atoms with Crippen molar-refractivity contribution < 1.29 is 28.6 Å². The number of hydrogen-bond acceptors (Lipinski definition) is 6. The van der Waals surface area contributed by atoms with Gasteiger partial charge in [0.15, 0.2) is 6.10 Å². The first-order valence-electron chi connectivity index (χ1n) is 31.0. The van der Waals surface area contributed by atoms with E-state index in [4.69, 9.17) is 14.2 Å². The predicted octanol–water partition coefficient (Wildman–Crippen LogP) is 21.3. The minimum absolute atomic E-state index is 0.112. The van der Waals surface area contributed by atoms with Crippen molar-refractivity contribution in [3.8, 4) is 0 Å². The lowest BCUT2D eigenvalue weighted by Gasteiger charge is -2.18. The van der Waals surface area contributed by atoms with Crippen LogP contribution < -0.4 is 0 Å². The smallest absolute Gasteiger partial charge is 0.306 e. The Bertz CT molecular complexity index is 1740. The normalized spacial score (nSPS) is 13.2. The maximum absolute atomic E-state index is 12.9. The molecule has 6 heteroatoms. The number of rotatable bonds is 54. The summed E-state index contributed by atoms with van der Waals surface area (Å²) in [5.74, 6) is -0.985. The highest BCUT2D eigenvalue weighted by Crippen LogP contribution is 2.13. The molecule has 0 aromatic carbocycles. The van der Waals surface area contributed by atoms with Crippen LogP contribution in [0.5, 0.6) is 0 Å². The maximum atomic E-state index is 12.9. The van der Waals surface area contributed by atoms with Crippen LogP contribution in [0.4, 0.5) is 0 Å². The van der Waals surface area contributed by atoms with Crippen LogP contribution in [0, 0.1) is 0 Å². The summed E-state index contributed by atoms with van der Waals surface area (Å²) in [6.07, 6.45) is 92.4. The largest absolute Gasteiger partial charge is 0.462 e. The molecule has 0 aromatic heterocycles. The van der Waals surface area contributed by atoms with Crippen LogP contribution in [0.25, 0.3) is 0 Å². The van der Waals surface area contributed by atoms with Gasteiger partial charge < -0.3 is 14.2 Å². The number of carbonyl (C=O) groups is 3. The van der Waals surface area contributed by atoms with Gasteiger partial charge in [-0.2, -0.15) is 0 Å². The highest BCUT2D eigenvalue weighted by molar-refractivity contribution is 5.71. The first-order valence-corrected chi connectivity index (χ1v) is 31.0. The molecule has 1 unspecified atom stereocenters. The zero-order valence-corrected chi connectivity index (χ0v) is 49.4. The van der Waals surface area contributed by atoms with Gasteiger partial charge in [0.05, 0.1) is 0 Å². The molecule has 0 aliphatic rings. The van der Waals surface area contributed by atoms with Gasteiger partial charge in [-0.05, 0) is 148 Å². The third kappa shape index (κ3) is 61.8. The van der Waals surface area contributed by atoms with Crippen LogP contribution in [-0.2, 0) is 28.6 Å². The van der Waals surface area contributed by atoms with Crippen molar-refractivity contribution in [3.05, 3.63) is 158 Å². The van der Waals surface area contributed by atoms with Crippen molar-refractivity contribution in [1.29, 1.82) is 0 Å². The Morgan fingerprint density at radius 1 is 0.273 bits per heavy atom. The average Bonchev–Trinajstić information content (AvgIpc) is 3.43. The van der Waals surface area contributed by atoms with E-state index in [0.29, 0.717) is 25.7 Å². The molecule has 0 saturated heterocycles. The number of carbonyl (C=O) groups excluding carboxylic acids is 3. The van der Waals surface area contributed by atoms with E-state index in [1.807, 2.05) is 0 Å². The third-order valence-corrected chi connectivity index (χ3v) is 12.5. The van der Waals surface area contributed by atoms with E-state index in [0.717, 1.165) is 154 Å². The zero-order valence-electron chi connectivity index (χ0n) is 49.4. The van der Waals surface area contributed by atoms with E-state index in [1.54, 1.807) is 0 Å². The van der Waals surface area contributed by atoms with E-state index in [9.17, 15) is 14.4 Å². The second kappa shape index (κ2) is 63.6. The first-order chi connectivity index (χ1) is 38.0. The van der Waals surface area contributed by atoms with Gasteiger partial charge in [0.2, 0.25) is 0 Å². The van der Waals surface area contributed by atoms with Crippen molar-refractivity contribution in [3.63, 3.8) is 0 Å². The fourth-order valence-electron chi connectivity index (χ4n) is 7.91. The Balaban J connectivity index is 4.49. The lowest BCUT2D eigenvalue weighted by Crippen LogP contribution is -2.30. The summed E-state index contributed by atoms with van der Waals surface area (Å²) in [6.45, 7) is 6.32. The second-order valence-electron chi connectivity index (χ2n) is 19.8. The molecular formula is C71H112O6. The number of ether oxygens (including phenoxy) is 3. The van der Waals surface area contributed by atoms with Crippen molar-refractivity contribution in [1.82, 2.24) is 0 Å². The molecule has 0 amide bonds. The molecule has 0 N–H and O–H groups in total. The Hall–Kier alpha value is -4.97. The Kier molecular flexibility index (Phi) is 59.5. The van der Waals surface area contributed by atoms with Crippen LogP contribution in [0.15, 0.2) is 158 Å². The summed E-state index contributed by atoms with van der Waals surface area (Å²) in [7, 11) is 0. The summed E-state index contributed by atoms with van der Waals surface area (Å²) in [5.41, 5.74) is 0. The summed E-state index contributed by atoms with van der Waals surface area (Å²) in [6, 6.07) is 0. The maximum Gasteiger partial charge on any atom is 0.306 e. The van der Waals surface area contributed by atoms with Gasteiger partial charge in [-0.1, -0.05) is 243 Å². The topological polar surface area (TPSA) is 78.9 Å². The fourth-order valence-corrected chi connectivity index (χ4v) is 7.91. The summed E-state index contributed by atoms with van der Waals surface area (Å²) in [5, 5.41) is 0. The van der Waals surface area contributed by atoms with Gasteiger partial charge in [0.1, 0.15) is 13.2 Å². The highest BCUT2D eigenvalue weighted by atomic mass is 16.6. The molecule has 0 heterocycles. The lowest BCUT2D eigenvalue weighted by atomic mass is 10.1. The minimum atomic E-state index is -0.818. The quantitative estimate of drug-likeness (QED) is 0.0261. The second-order valence-corrected chi connectivity index (χ2v) is 19.8. The lowest BCUT2D eigenvalue weighted by molar-refractivity contribution is -0.167. The first kappa shape index (κ1) is 72.0. The van der Waals surface area contributed by atoms with E-state index in [2.05, 4.69) is 179 Å². The van der Waals surface area contributed by atoms with Crippen molar-refractivity contribution in [2.24, 2.45) is 0 Å². The molecular weight excluding hydrogens is 949 g/mol. The van der Waals surface area contributed by atoms with E-state index >= 15 is 0 Å². The molecule has 0 fully saturated rings. The van der Waals surface area contributed by atoms with Crippen LogP contribution >= 0.6 is 0 Å². The van der Waals surface area contributed by atoms with E-state index < -0.39 is 6.10 Å². The van der Waals surface area contributed by atoms with Crippen LogP contribution in [-0.4, -0.2) is 37.2 Å². The summed E-state index contributed by atoms with van der Waals surface area (Å²) < 4.78 is 16.9. The zero-order chi connectivity index (χ0) is 55.7. The Labute approximate surface area is 473 Å². The van der Waals surface area contributed by atoms with Gasteiger partial charge >= 0.3 is 17.9 Å². The van der Waals surface area contributed by atoms with Crippen molar-refractivity contribution >= 4 is 17.9 Å². The predicted molar refractivity (Wildman–Crippen MR) is 334 cm³/mol. The SMILES string of the molecule is CC/C=C\C/C=C\C/C=C\C/C=C\C/C=C\C/C=C\CCCCCCCCC(=O)OCC(COC(=O)CCCC/C=C\C/C=C\C/C=C\C/C=C\CC)OC(=O)CCCCCCCC/C=C\C/C=C\C/C=C\CCCCC. The molecule has 1 atom stereocenters. The molecule has 0 saturated carbocycles. The minimum Gasteiger partial charge on any atom is -0.462 e. The number of hydrogen-bond donors (Lipinski definition) is 0. The molecule has 77 heavy (non-hydrogen) atoms. The van der Waals surface area contributed by atoms with Gasteiger partial charge in [0, 0.05) is 19.3 Å². The molecule has 6 nitrogen and oxygen atoms in total. The Morgan fingerprint density at radius 3 is 0.818 bits per heavy atom. The molecule has 0 aromatic rings. The Morgan fingerprint density at radius 2 is 0.506 bits per heavy atom. The van der Waals surface area contributed by atoms with Gasteiger partial charge in [0.25, 0.3) is 0 Å². The number of allylic oxidation sites excluding steroid dienone is 26. The van der Waals surface area contributed by atoms with Crippen LogP contribution in [0.2, 0.25) is 0 Å². The monoisotopic (exact) mass is 1060 g/mol. The average molecular weight is 1060 g/mol. The van der Waals surface area contributed by atoms with Crippen molar-refractivity contribution in [2.75, 3.05) is 13.2 Å². The fraction of sp³-hybridized carbons (Fsp3) is 0.592. The molecule has 0 rings (SSSR count). The summed E-state index contributed by atoms with van der Waals surface area (Å²) >= 11 is 0. The number of esters is 3. The summed E-state index contributed by atoms with van der Waals surface area (Å²) in [4.78, 5) is 38.3. The van der Waals surface area contributed by atoms with Gasteiger partial charge in [-0.25, -0.2) is 0 Å². The number of unbranched alkanes of at least 4 members (excludes halogenated alkanes) is 17. The van der Waals surface area contributed by atoms with Gasteiger partial charge in [-0.15, -0.1) is 0 Å². The molecule has 0 spiro atoms. The molecule has 0 bridgehead atoms. The van der Waals surface area contributed by atoms with Gasteiger partial charge in [-0.3, -0.25) is 14.4 Å². The van der Waals surface area contributed by atoms with Crippen LogP contribution in [0.1, 0.15) is 252 Å².